The average molecular weight is 424 g/mol. The van der Waals surface area contributed by atoms with Crippen molar-refractivity contribution in [1.82, 2.24) is 13.7 Å². The molecule has 1 aliphatic heterocycles. The van der Waals surface area contributed by atoms with Crippen molar-refractivity contribution in [3.8, 4) is 0 Å². The molecule has 0 amide bonds. The van der Waals surface area contributed by atoms with Gasteiger partial charge >= 0.3 is 0 Å². The minimum atomic E-state index is -0.526. The van der Waals surface area contributed by atoms with E-state index in [-0.39, 0.29) is 0 Å². The lowest BCUT2D eigenvalue weighted by Gasteiger charge is -2.34. The molecule has 1 aliphatic rings. The zero-order chi connectivity index (χ0) is 19.2. The van der Waals surface area contributed by atoms with Crippen LogP contribution in [0.5, 0.6) is 0 Å². The Morgan fingerprint density at radius 1 is 0.880 bits per heavy atom. The van der Waals surface area contributed by atoms with Gasteiger partial charge in [0.1, 0.15) is 0 Å². The van der Waals surface area contributed by atoms with Gasteiger partial charge in [-0.1, -0.05) is 55.4 Å². The Hall–Kier alpha value is 0.140. The summed E-state index contributed by atoms with van der Waals surface area (Å²) in [6.45, 7) is 19.6. The van der Waals surface area contributed by atoms with Crippen LogP contribution in [0.2, 0.25) is 0 Å². The van der Waals surface area contributed by atoms with Gasteiger partial charge in [-0.2, -0.15) is 0 Å². The smallest absolute Gasteiger partial charge is 0.224 e. The Morgan fingerprint density at radius 3 is 1.88 bits per heavy atom. The van der Waals surface area contributed by atoms with Crippen LogP contribution in [-0.4, -0.2) is 41.6 Å². The lowest BCUT2D eigenvalue weighted by Crippen LogP contribution is -2.49. The molecule has 0 saturated carbocycles. The fourth-order valence-electron chi connectivity index (χ4n) is 1.91. The van der Waals surface area contributed by atoms with Crippen LogP contribution in [0.3, 0.4) is 0 Å². The van der Waals surface area contributed by atoms with Gasteiger partial charge in [-0.05, 0) is 42.8 Å². The molecular formula is C16H33N5S4. The van der Waals surface area contributed by atoms with Crippen LogP contribution in [0.4, 0.5) is 0 Å². The number of thioether (sulfide) groups is 1. The van der Waals surface area contributed by atoms with Gasteiger partial charge in [-0.15, -0.1) is 11.8 Å². The fraction of sp³-hybridized carbons (Fsp3) is 0.875. The third-order valence-corrected chi connectivity index (χ3v) is 6.47. The summed E-state index contributed by atoms with van der Waals surface area (Å²) in [5.41, 5.74) is 0. The first kappa shape index (κ1) is 23.2. The summed E-state index contributed by atoms with van der Waals surface area (Å²) in [5.74, 6) is 1.63. The second-order valence-corrected chi connectivity index (χ2v) is 13.6. The van der Waals surface area contributed by atoms with Crippen molar-refractivity contribution in [2.45, 2.75) is 88.3 Å². The Balaban J connectivity index is 3.08. The molecule has 1 unspecified atom stereocenters. The highest BCUT2D eigenvalue weighted by molar-refractivity contribution is 8.13. The maximum Gasteiger partial charge on any atom is 0.224 e. The number of hydrogen-bond acceptors (Lipinski definition) is 9. The van der Waals surface area contributed by atoms with E-state index in [2.05, 4.69) is 76.1 Å². The molecule has 5 nitrogen and oxygen atoms in total. The molecule has 0 fully saturated rings. The largest absolute Gasteiger partial charge is 0.300 e. The van der Waals surface area contributed by atoms with Gasteiger partial charge < -0.3 is 0 Å². The minimum absolute atomic E-state index is 0.444. The molecule has 0 aromatic carbocycles. The monoisotopic (exact) mass is 423 g/mol. The highest BCUT2D eigenvalue weighted by Gasteiger charge is 2.33. The second kappa shape index (κ2) is 10.5. The molecule has 2 N–H and O–H groups in total. The third-order valence-electron chi connectivity index (χ3n) is 2.50. The minimum Gasteiger partial charge on any atom is -0.300 e. The molecule has 0 spiro atoms. The summed E-state index contributed by atoms with van der Waals surface area (Å²) in [6.07, 6.45) is 0. The quantitative estimate of drug-likeness (QED) is 0.522. The van der Waals surface area contributed by atoms with Crippen LogP contribution < -0.4 is 10.0 Å². The Kier molecular flexibility index (Phi) is 9.71. The zero-order valence-corrected chi connectivity index (χ0v) is 20.1. The average Bonchev–Trinajstić information content (AvgIpc) is 2.41. The Morgan fingerprint density at radius 2 is 1.44 bits per heavy atom. The molecule has 0 saturated heterocycles. The maximum absolute atomic E-state index is 4.95. The first-order valence-corrected chi connectivity index (χ1v) is 12.1. The summed E-state index contributed by atoms with van der Waals surface area (Å²) in [5, 5.41) is 5.25. The Labute approximate surface area is 171 Å². The molecular weight excluding hydrogens is 390 g/mol. The second-order valence-electron chi connectivity index (χ2n) is 6.96. The van der Waals surface area contributed by atoms with Gasteiger partial charge in [0, 0.05) is 21.0 Å². The molecule has 0 aliphatic carbocycles. The molecule has 1 heterocycles. The standard InChI is InChI=1S/C16H33N5S4/c1-10(2)22-16(9)18-14(20-23-11(3)4)17-15(19-16)21(24-12(5)6)25-13(7)8/h10-13H,1-9H3,(H2,17,18,19,20). The molecule has 25 heavy (non-hydrogen) atoms. The van der Waals surface area contributed by atoms with E-state index in [9.17, 15) is 0 Å². The molecule has 0 radical (unpaired) electrons. The van der Waals surface area contributed by atoms with Gasteiger partial charge in [-0.25, -0.2) is 13.7 Å². The van der Waals surface area contributed by atoms with Crippen LogP contribution in [0.1, 0.15) is 62.3 Å². The molecule has 0 aromatic rings. The van der Waals surface area contributed by atoms with E-state index in [1.165, 1.54) is 0 Å². The van der Waals surface area contributed by atoms with Crippen molar-refractivity contribution in [3.05, 3.63) is 0 Å². The first-order chi connectivity index (χ1) is 11.5. The third kappa shape index (κ3) is 9.06. The number of aliphatic imine (C=N–C) groups is 2. The van der Waals surface area contributed by atoms with Crippen LogP contribution in [0.15, 0.2) is 9.98 Å². The number of nitrogens with one attached hydrogen (secondary N) is 2. The van der Waals surface area contributed by atoms with E-state index in [0.29, 0.717) is 21.0 Å². The lowest BCUT2D eigenvalue weighted by atomic mass is 10.5. The number of guanidine groups is 2. The highest BCUT2D eigenvalue weighted by atomic mass is 32.2. The molecule has 146 valence electrons. The topological polar surface area (TPSA) is 52.0 Å². The maximum atomic E-state index is 4.95. The SMILES string of the molecule is CC(C)SNC1=NC(C)(SC(C)C)N=C(N(SC(C)C)SC(C)C)N1. The molecule has 1 rings (SSSR count). The van der Waals surface area contributed by atoms with Crippen molar-refractivity contribution in [2.75, 3.05) is 0 Å². The van der Waals surface area contributed by atoms with E-state index in [0.717, 1.165) is 11.9 Å². The van der Waals surface area contributed by atoms with E-state index < -0.39 is 4.99 Å². The van der Waals surface area contributed by atoms with Crippen molar-refractivity contribution in [2.24, 2.45) is 9.98 Å². The van der Waals surface area contributed by atoms with Gasteiger partial charge in [0.25, 0.3) is 0 Å². The molecule has 9 heteroatoms. The summed E-state index contributed by atoms with van der Waals surface area (Å²) in [6, 6.07) is 0. The van der Waals surface area contributed by atoms with Crippen LogP contribution >= 0.6 is 47.6 Å². The van der Waals surface area contributed by atoms with Gasteiger partial charge in [0.2, 0.25) is 16.9 Å². The number of rotatable bonds is 8. The Bertz CT molecular complexity index is 469. The highest BCUT2D eigenvalue weighted by Crippen LogP contribution is 2.36. The number of hydrogen-bond donors (Lipinski definition) is 2. The van der Waals surface area contributed by atoms with Crippen LogP contribution in [-0.2, 0) is 0 Å². The van der Waals surface area contributed by atoms with Crippen molar-refractivity contribution in [3.63, 3.8) is 0 Å². The van der Waals surface area contributed by atoms with E-state index >= 15 is 0 Å². The van der Waals surface area contributed by atoms with Crippen LogP contribution in [0.25, 0.3) is 0 Å². The fourth-order valence-corrected chi connectivity index (χ4v) is 5.90. The molecule has 0 bridgehead atoms. The predicted molar refractivity (Wildman–Crippen MR) is 122 cm³/mol. The van der Waals surface area contributed by atoms with E-state index in [1.54, 1.807) is 47.6 Å². The molecule has 0 aromatic heterocycles. The summed E-state index contributed by atoms with van der Waals surface area (Å²) in [7, 11) is 0. The summed E-state index contributed by atoms with van der Waals surface area (Å²) >= 11 is 6.99. The van der Waals surface area contributed by atoms with Gasteiger partial charge in [-0.3, -0.25) is 10.0 Å². The molecule has 1 atom stereocenters. The zero-order valence-electron chi connectivity index (χ0n) is 16.8. The normalized spacial score (nSPS) is 20.8. The number of nitrogens with zero attached hydrogens (tertiary/aromatic N) is 3. The van der Waals surface area contributed by atoms with Gasteiger partial charge in [0.15, 0.2) is 0 Å². The lowest BCUT2D eigenvalue weighted by molar-refractivity contribution is 0.680. The van der Waals surface area contributed by atoms with Gasteiger partial charge in [0.05, 0.1) is 0 Å². The predicted octanol–water partition coefficient (Wildman–Crippen LogP) is 5.18. The summed E-state index contributed by atoms with van der Waals surface area (Å²) in [4.78, 5) is 9.25. The van der Waals surface area contributed by atoms with E-state index in [4.69, 9.17) is 9.98 Å². The van der Waals surface area contributed by atoms with Crippen molar-refractivity contribution >= 4 is 59.5 Å². The first-order valence-electron chi connectivity index (χ1n) is 8.70. The van der Waals surface area contributed by atoms with Crippen molar-refractivity contribution < 1.29 is 0 Å². The van der Waals surface area contributed by atoms with E-state index in [1.807, 2.05) is 0 Å². The van der Waals surface area contributed by atoms with Crippen molar-refractivity contribution in [1.29, 1.82) is 0 Å². The summed E-state index contributed by atoms with van der Waals surface area (Å²) < 4.78 is 5.56. The van der Waals surface area contributed by atoms with Crippen LogP contribution in [0, 0.1) is 0 Å².